The molecule has 0 aromatic heterocycles. The molecule has 0 aliphatic carbocycles. The fourth-order valence-corrected chi connectivity index (χ4v) is 2.31. The van der Waals surface area contributed by atoms with Crippen molar-refractivity contribution in [1.82, 2.24) is 10.2 Å². The van der Waals surface area contributed by atoms with Crippen molar-refractivity contribution >= 4 is 0 Å². The molecule has 0 bridgehead atoms. The molecule has 1 N–H and O–H groups in total. The van der Waals surface area contributed by atoms with Crippen LogP contribution in [0.15, 0.2) is 0 Å². The minimum absolute atomic E-state index is 0.00301. The fourth-order valence-electron chi connectivity index (χ4n) is 2.31. The normalized spacial score (nSPS) is 24.0. The van der Waals surface area contributed by atoms with Crippen LogP contribution in [0.1, 0.15) is 47.5 Å². The summed E-state index contributed by atoms with van der Waals surface area (Å²) in [6.45, 7) is 16.0. The maximum atomic E-state index is 5.51. The van der Waals surface area contributed by atoms with Gasteiger partial charge in [0.15, 0.2) is 0 Å². The monoisotopic (exact) mass is 256 g/mol. The van der Waals surface area contributed by atoms with Crippen molar-refractivity contribution in [1.29, 1.82) is 0 Å². The van der Waals surface area contributed by atoms with Crippen molar-refractivity contribution in [2.24, 2.45) is 5.41 Å². The van der Waals surface area contributed by atoms with Crippen LogP contribution in [0.25, 0.3) is 0 Å². The van der Waals surface area contributed by atoms with Gasteiger partial charge in [-0.1, -0.05) is 20.8 Å². The number of ether oxygens (including phenoxy) is 1. The van der Waals surface area contributed by atoms with Crippen LogP contribution >= 0.6 is 0 Å². The molecule has 108 valence electrons. The number of hydrogen-bond acceptors (Lipinski definition) is 3. The fraction of sp³-hybridized carbons (Fsp3) is 1.00. The first-order chi connectivity index (χ1) is 8.24. The Morgan fingerprint density at radius 2 is 1.89 bits per heavy atom. The zero-order valence-electron chi connectivity index (χ0n) is 13.2. The minimum Gasteiger partial charge on any atom is -0.379 e. The smallest absolute Gasteiger partial charge is 0.0634 e. The lowest BCUT2D eigenvalue weighted by Gasteiger charge is -2.34. The van der Waals surface area contributed by atoms with E-state index in [0.717, 1.165) is 26.1 Å². The Hall–Kier alpha value is -0.120. The Morgan fingerprint density at radius 1 is 1.22 bits per heavy atom. The molecule has 1 aliphatic heterocycles. The van der Waals surface area contributed by atoms with Gasteiger partial charge in [-0.3, -0.25) is 0 Å². The van der Waals surface area contributed by atoms with E-state index >= 15 is 0 Å². The molecule has 0 aromatic carbocycles. The number of rotatable bonds is 4. The van der Waals surface area contributed by atoms with Crippen molar-refractivity contribution in [2.45, 2.75) is 59.1 Å². The van der Waals surface area contributed by atoms with Crippen LogP contribution < -0.4 is 5.32 Å². The second-order valence-electron chi connectivity index (χ2n) is 7.24. The first kappa shape index (κ1) is 15.9. The number of nitrogens with zero attached hydrogens (tertiary/aromatic N) is 1. The highest BCUT2D eigenvalue weighted by Crippen LogP contribution is 2.22. The van der Waals surface area contributed by atoms with Crippen LogP contribution in [0.5, 0.6) is 0 Å². The van der Waals surface area contributed by atoms with Crippen LogP contribution in [0.2, 0.25) is 0 Å². The van der Waals surface area contributed by atoms with Gasteiger partial charge in [0.1, 0.15) is 0 Å². The van der Waals surface area contributed by atoms with E-state index in [1.165, 1.54) is 13.0 Å². The molecule has 1 fully saturated rings. The summed E-state index contributed by atoms with van der Waals surface area (Å²) in [6, 6.07) is 0.589. The number of hydrogen-bond donors (Lipinski definition) is 1. The largest absolute Gasteiger partial charge is 0.379 e. The zero-order valence-corrected chi connectivity index (χ0v) is 13.2. The highest BCUT2D eigenvalue weighted by molar-refractivity contribution is 4.86. The second-order valence-corrected chi connectivity index (χ2v) is 7.24. The standard InChI is InChI=1S/C15H32N2O/c1-14(2,3)13-12-17(10-7-9-16-13)11-8-15(4,5)18-6/h13,16H,7-12H2,1-6H3. The minimum atomic E-state index is -0.00301. The Morgan fingerprint density at radius 3 is 2.44 bits per heavy atom. The molecule has 0 aromatic rings. The van der Waals surface area contributed by atoms with E-state index in [-0.39, 0.29) is 5.60 Å². The molecule has 1 rings (SSSR count). The van der Waals surface area contributed by atoms with Crippen LogP contribution in [0, 0.1) is 5.41 Å². The predicted molar refractivity (Wildman–Crippen MR) is 78.0 cm³/mol. The van der Waals surface area contributed by atoms with Gasteiger partial charge in [-0.25, -0.2) is 0 Å². The van der Waals surface area contributed by atoms with Crippen LogP contribution in [-0.4, -0.2) is 49.8 Å². The van der Waals surface area contributed by atoms with E-state index in [2.05, 4.69) is 44.8 Å². The average Bonchev–Trinajstić information content (AvgIpc) is 2.51. The second kappa shape index (κ2) is 6.36. The van der Waals surface area contributed by atoms with E-state index in [0.29, 0.717) is 11.5 Å². The van der Waals surface area contributed by atoms with E-state index in [1.54, 1.807) is 0 Å². The summed E-state index contributed by atoms with van der Waals surface area (Å²) in [4.78, 5) is 2.59. The summed E-state index contributed by atoms with van der Waals surface area (Å²) in [5.41, 5.74) is 0.330. The molecular weight excluding hydrogens is 224 g/mol. The lowest BCUT2D eigenvalue weighted by molar-refractivity contribution is 0.00658. The third kappa shape index (κ3) is 5.25. The Kier molecular flexibility index (Phi) is 5.63. The lowest BCUT2D eigenvalue weighted by atomic mass is 9.86. The van der Waals surface area contributed by atoms with Gasteiger partial charge in [0.2, 0.25) is 0 Å². The molecule has 0 amide bonds. The molecule has 3 nitrogen and oxygen atoms in total. The van der Waals surface area contributed by atoms with Crippen LogP contribution in [0.3, 0.4) is 0 Å². The highest BCUT2D eigenvalue weighted by Gasteiger charge is 2.28. The van der Waals surface area contributed by atoms with Gasteiger partial charge in [0.05, 0.1) is 5.60 Å². The SMILES string of the molecule is COC(C)(C)CCN1CCCNC(C(C)(C)C)C1. The van der Waals surface area contributed by atoms with Gasteiger partial charge in [-0.05, 0) is 45.2 Å². The van der Waals surface area contributed by atoms with E-state index in [1.807, 2.05) is 7.11 Å². The third-order valence-corrected chi connectivity index (χ3v) is 4.11. The number of methoxy groups -OCH3 is 1. The molecule has 1 unspecified atom stereocenters. The lowest BCUT2D eigenvalue weighted by Crippen LogP contribution is -2.47. The van der Waals surface area contributed by atoms with Gasteiger partial charge < -0.3 is 15.0 Å². The summed E-state index contributed by atoms with van der Waals surface area (Å²) in [5.74, 6) is 0. The summed E-state index contributed by atoms with van der Waals surface area (Å²) >= 11 is 0. The Bertz CT molecular complexity index is 245. The summed E-state index contributed by atoms with van der Waals surface area (Å²) in [5, 5.41) is 3.69. The van der Waals surface area contributed by atoms with E-state index < -0.39 is 0 Å². The predicted octanol–water partition coefficient (Wildman–Crippen LogP) is 2.51. The molecular formula is C15H32N2O. The summed E-state index contributed by atoms with van der Waals surface area (Å²) in [6.07, 6.45) is 2.35. The summed E-state index contributed by atoms with van der Waals surface area (Å²) < 4.78 is 5.51. The van der Waals surface area contributed by atoms with Gasteiger partial charge >= 0.3 is 0 Å². The molecule has 1 heterocycles. The highest BCUT2D eigenvalue weighted by atomic mass is 16.5. The Balaban J connectivity index is 2.50. The Labute approximate surface area is 113 Å². The molecule has 18 heavy (non-hydrogen) atoms. The van der Waals surface area contributed by atoms with Gasteiger partial charge in [0.25, 0.3) is 0 Å². The summed E-state index contributed by atoms with van der Waals surface area (Å²) in [7, 11) is 1.81. The van der Waals surface area contributed by atoms with Crippen molar-refractivity contribution in [3.8, 4) is 0 Å². The maximum absolute atomic E-state index is 5.51. The molecule has 0 spiro atoms. The maximum Gasteiger partial charge on any atom is 0.0634 e. The van der Waals surface area contributed by atoms with Crippen molar-refractivity contribution < 1.29 is 4.74 Å². The molecule has 0 radical (unpaired) electrons. The number of nitrogens with one attached hydrogen (secondary N) is 1. The van der Waals surface area contributed by atoms with Crippen molar-refractivity contribution in [3.63, 3.8) is 0 Å². The average molecular weight is 256 g/mol. The molecule has 1 atom stereocenters. The van der Waals surface area contributed by atoms with Crippen LogP contribution in [-0.2, 0) is 4.74 Å². The van der Waals surface area contributed by atoms with E-state index in [4.69, 9.17) is 4.74 Å². The van der Waals surface area contributed by atoms with Gasteiger partial charge in [0, 0.05) is 26.2 Å². The van der Waals surface area contributed by atoms with Crippen LogP contribution in [0.4, 0.5) is 0 Å². The van der Waals surface area contributed by atoms with Gasteiger partial charge in [-0.2, -0.15) is 0 Å². The van der Waals surface area contributed by atoms with E-state index in [9.17, 15) is 0 Å². The first-order valence-electron chi connectivity index (χ1n) is 7.25. The van der Waals surface area contributed by atoms with Crippen molar-refractivity contribution in [3.05, 3.63) is 0 Å². The third-order valence-electron chi connectivity index (χ3n) is 4.11. The topological polar surface area (TPSA) is 24.5 Å². The molecule has 1 saturated heterocycles. The molecule has 1 aliphatic rings. The quantitative estimate of drug-likeness (QED) is 0.836. The van der Waals surface area contributed by atoms with Gasteiger partial charge in [-0.15, -0.1) is 0 Å². The molecule has 0 saturated carbocycles. The zero-order chi connectivity index (χ0) is 13.8. The first-order valence-corrected chi connectivity index (χ1v) is 7.25. The van der Waals surface area contributed by atoms with Crippen molar-refractivity contribution in [2.75, 3.05) is 33.3 Å². The molecule has 3 heteroatoms.